The molecule has 0 unspecified atom stereocenters. The monoisotopic (exact) mass is 296 g/mol. The van der Waals surface area contributed by atoms with Gasteiger partial charge >= 0.3 is 6.03 Å². The average Bonchev–Trinajstić information content (AvgIpc) is 2.49. The molecule has 0 aliphatic carbocycles. The van der Waals surface area contributed by atoms with Crippen molar-refractivity contribution in [1.82, 2.24) is 5.32 Å². The molecule has 0 saturated heterocycles. The van der Waals surface area contributed by atoms with E-state index in [1.807, 2.05) is 62.4 Å². The van der Waals surface area contributed by atoms with Crippen LogP contribution >= 0.6 is 0 Å². The van der Waals surface area contributed by atoms with Gasteiger partial charge in [-0.15, -0.1) is 0 Å². The summed E-state index contributed by atoms with van der Waals surface area (Å²) in [4.78, 5) is 11.9. The highest BCUT2D eigenvalue weighted by Crippen LogP contribution is 2.24. The number of ether oxygens (including phenoxy) is 1. The van der Waals surface area contributed by atoms with Crippen molar-refractivity contribution in [1.29, 1.82) is 0 Å². The Labute approximate surface area is 130 Å². The number of methoxy groups -OCH3 is 1. The minimum absolute atomic E-state index is 0.313. The number of benzene rings is 2. The molecule has 0 spiro atoms. The summed E-state index contributed by atoms with van der Waals surface area (Å²) in [5, 5.41) is 5.45. The topological polar surface area (TPSA) is 50.4 Å². The van der Waals surface area contributed by atoms with Crippen molar-refractivity contribution in [2.75, 3.05) is 12.4 Å². The number of aryl methyl sites for hydroxylation is 2. The van der Waals surface area contributed by atoms with Crippen molar-refractivity contribution in [3.05, 3.63) is 65.4 Å². The SMILES string of the molecule is COc1ccc(C)cc1NC(=O)N/C=C/c1ccc(C)cc1. The Hall–Kier alpha value is -2.75. The van der Waals surface area contributed by atoms with Crippen LogP contribution in [0.25, 0.3) is 6.08 Å². The molecule has 2 N–H and O–H groups in total. The Morgan fingerprint density at radius 2 is 1.73 bits per heavy atom. The van der Waals surface area contributed by atoms with Crippen molar-refractivity contribution in [3.8, 4) is 5.75 Å². The van der Waals surface area contributed by atoms with E-state index in [9.17, 15) is 4.79 Å². The van der Waals surface area contributed by atoms with Gasteiger partial charge in [-0.05, 0) is 43.2 Å². The van der Waals surface area contributed by atoms with E-state index in [2.05, 4.69) is 10.6 Å². The Bertz CT molecular complexity index is 676. The minimum atomic E-state index is -0.313. The number of hydrogen-bond acceptors (Lipinski definition) is 2. The summed E-state index contributed by atoms with van der Waals surface area (Å²) in [5.41, 5.74) is 3.92. The molecule has 4 heteroatoms. The molecule has 0 atom stereocenters. The number of hydrogen-bond donors (Lipinski definition) is 2. The molecule has 0 aliphatic heterocycles. The molecule has 2 rings (SSSR count). The first kappa shape index (κ1) is 15.6. The Balaban J connectivity index is 1.96. The Morgan fingerprint density at radius 1 is 1.05 bits per heavy atom. The van der Waals surface area contributed by atoms with Crippen LogP contribution in [-0.2, 0) is 0 Å². The molecule has 0 radical (unpaired) electrons. The van der Waals surface area contributed by atoms with E-state index >= 15 is 0 Å². The first-order chi connectivity index (χ1) is 10.6. The number of carbonyl (C=O) groups is 1. The molecule has 2 amide bonds. The van der Waals surface area contributed by atoms with Crippen molar-refractivity contribution in [2.24, 2.45) is 0 Å². The molecule has 114 valence electrons. The van der Waals surface area contributed by atoms with E-state index in [0.717, 1.165) is 11.1 Å². The van der Waals surface area contributed by atoms with Gasteiger partial charge in [0.05, 0.1) is 12.8 Å². The predicted octanol–water partition coefficient (Wildman–Crippen LogP) is 4.10. The third-order valence-corrected chi connectivity index (χ3v) is 3.17. The van der Waals surface area contributed by atoms with Crippen molar-refractivity contribution < 1.29 is 9.53 Å². The van der Waals surface area contributed by atoms with Crippen LogP contribution in [0.15, 0.2) is 48.7 Å². The van der Waals surface area contributed by atoms with Gasteiger partial charge in [-0.25, -0.2) is 4.79 Å². The molecular weight excluding hydrogens is 276 g/mol. The molecule has 22 heavy (non-hydrogen) atoms. The summed E-state index contributed by atoms with van der Waals surface area (Å²) in [7, 11) is 1.57. The molecular formula is C18H20N2O2. The van der Waals surface area contributed by atoms with E-state index in [0.29, 0.717) is 11.4 Å². The van der Waals surface area contributed by atoms with Crippen LogP contribution in [0.5, 0.6) is 5.75 Å². The van der Waals surface area contributed by atoms with E-state index in [4.69, 9.17) is 4.74 Å². The van der Waals surface area contributed by atoms with Crippen LogP contribution in [0, 0.1) is 13.8 Å². The van der Waals surface area contributed by atoms with Gasteiger partial charge in [0.15, 0.2) is 0 Å². The molecule has 4 nitrogen and oxygen atoms in total. The highest BCUT2D eigenvalue weighted by atomic mass is 16.5. The highest BCUT2D eigenvalue weighted by Gasteiger charge is 2.06. The van der Waals surface area contributed by atoms with Crippen LogP contribution in [0.3, 0.4) is 0 Å². The number of carbonyl (C=O) groups excluding carboxylic acids is 1. The molecule has 0 aromatic heterocycles. The van der Waals surface area contributed by atoms with Crippen LogP contribution in [0.1, 0.15) is 16.7 Å². The number of rotatable bonds is 4. The zero-order valence-electron chi connectivity index (χ0n) is 13.0. The lowest BCUT2D eigenvalue weighted by Gasteiger charge is -2.10. The van der Waals surface area contributed by atoms with Gasteiger partial charge in [0.1, 0.15) is 5.75 Å². The van der Waals surface area contributed by atoms with Gasteiger partial charge in [-0.1, -0.05) is 35.9 Å². The Kier molecular flexibility index (Phi) is 5.20. The van der Waals surface area contributed by atoms with Crippen LogP contribution in [-0.4, -0.2) is 13.1 Å². The summed E-state index contributed by atoms with van der Waals surface area (Å²) in [6.45, 7) is 3.99. The second-order valence-electron chi connectivity index (χ2n) is 5.05. The summed E-state index contributed by atoms with van der Waals surface area (Å²) in [6, 6.07) is 13.3. The lowest BCUT2D eigenvalue weighted by Crippen LogP contribution is -2.24. The highest BCUT2D eigenvalue weighted by molar-refractivity contribution is 5.92. The van der Waals surface area contributed by atoms with Crippen LogP contribution < -0.4 is 15.4 Å². The fourth-order valence-electron chi connectivity index (χ4n) is 1.97. The number of nitrogens with one attached hydrogen (secondary N) is 2. The summed E-state index contributed by atoms with van der Waals surface area (Å²) in [5.74, 6) is 0.628. The summed E-state index contributed by atoms with van der Waals surface area (Å²) in [6.07, 6.45) is 3.45. The normalized spacial score (nSPS) is 10.5. The van der Waals surface area contributed by atoms with Crippen molar-refractivity contribution >= 4 is 17.8 Å². The van der Waals surface area contributed by atoms with E-state index in [-0.39, 0.29) is 6.03 Å². The van der Waals surface area contributed by atoms with Crippen LogP contribution in [0.4, 0.5) is 10.5 Å². The lowest BCUT2D eigenvalue weighted by atomic mass is 10.1. The fraction of sp³-hybridized carbons (Fsp3) is 0.167. The molecule has 0 fully saturated rings. The maximum Gasteiger partial charge on any atom is 0.323 e. The molecule has 0 heterocycles. The van der Waals surface area contributed by atoms with Gasteiger partial charge in [-0.3, -0.25) is 0 Å². The predicted molar refractivity (Wildman–Crippen MR) is 90.1 cm³/mol. The fourth-order valence-corrected chi connectivity index (χ4v) is 1.97. The zero-order valence-corrected chi connectivity index (χ0v) is 13.0. The number of amides is 2. The minimum Gasteiger partial charge on any atom is -0.495 e. The quantitative estimate of drug-likeness (QED) is 0.892. The number of urea groups is 1. The van der Waals surface area contributed by atoms with Gasteiger partial charge < -0.3 is 15.4 Å². The Morgan fingerprint density at radius 3 is 2.41 bits per heavy atom. The molecule has 0 aliphatic rings. The lowest BCUT2D eigenvalue weighted by molar-refractivity contribution is 0.255. The van der Waals surface area contributed by atoms with Gasteiger partial charge in [0.2, 0.25) is 0 Å². The summed E-state index contributed by atoms with van der Waals surface area (Å²) >= 11 is 0. The third-order valence-electron chi connectivity index (χ3n) is 3.17. The number of anilines is 1. The maximum atomic E-state index is 11.9. The summed E-state index contributed by atoms with van der Waals surface area (Å²) < 4.78 is 5.23. The second kappa shape index (κ2) is 7.31. The first-order valence-corrected chi connectivity index (χ1v) is 7.04. The van der Waals surface area contributed by atoms with E-state index in [1.54, 1.807) is 13.3 Å². The van der Waals surface area contributed by atoms with Crippen LogP contribution in [0.2, 0.25) is 0 Å². The van der Waals surface area contributed by atoms with Gasteiger partial charge in [0, 0.05) is 6.20 Å². The molecule has 2 aromatic rings. The molecule has 0 saturated carbocycles. The molecule has 2 aromatic carbocycles. The van der Waals surface area contributed by atoms with Gasteiger partial charge in [0.25, 0.3) is 0 Å². The zero-order chi connectivity index (χ0) is 15.9. The van der Waals surface area contributed by atoms with E-state index in [1.165, 1.54) is 5.56 Å². The first-order valence-electron chi connectivity index (χ1n) is 7.04. The average molecular weight is 296 g/mol. The largest absolute Gasteiger partial charge is 0.495 e. The van der Waals surface area contributed by atoms with Gasteiger partial charge in [-0.2, -0.15) is 0 Å². The van der Waals surface area contributed by atoms with Crippen molar-refractivity contribution in [3.63, 3.8) is 0 Å². The smallest absolute Gasteiger partial charge is 0.323 e. The maximum absolute atomic E-state index is 11.9. The third kappa shape index (κ3) is 4.38. The second-order valence-corrected chi connectivity index (χ2v) is 5.05. The van der Waals surface area contributed by atoms with E-state index < -0.39 is 0 Å². The van der Waals surface area contributed by atoms with Crippen molar-refractivity contribution in [2.45, 2.75) is 13.8 Å². The molecule has 0 bridgehead atoms. The standard InChI is InChI=1S/C18H20N2O2/c1-13-4-7-15(8-5-13)10-11-19-18(21)20-16-12-14(2)6-9-17(16)22-3/h4-12H,1-3H3,(H2,19,20,21)/b11-10+.